The van der Waals surface area contributed by atoms with Crippen LogP contribution in [0.4, 0.5) is 8.78 Å². The smallest absolute Gasteiger partial charge is 0.264 e. The van der Waals surface area contributed by atoms with E-state index in [4.69, 9.17) is 0 Å². The van der Waals surface area contributed by atoms with E-state index >= 15 is 0 Å². The minimum atomic E-state index is -2.72. The summed E-state index contributed by atoms with van der Waals surface area (Å²) in [6.07, 6.45) is 3.97. The van der Waals surface area contributed by atoms with Crippen molar-refractivity contribution < 1.29 is 8.78 Å². The third-order valence-electron chi connectivity index (χ3n) is 1.93. The van der Waals surface area contributed by atoms with Gasteiger partial charge >= 0.3 is 0 Å². The molecule has 1 rings (SSSR count). The summed E-state index contributed by atoms with van der Waals surface area (Å²) in [5, 5.41) is 0. The summed E-state index contributed by atoms with van der Waals surface area (Å²) in [4.78, 5) is 3.68. The van der Waals surface area contributed by atoms with Crippen LogP contribution in [0.25, 0.3) is 0 Å². The van der Waals surface area contributed by atoms with E-state index < -0.39 is 5.92 Å². The van der Waals surface area contributed by atoms with Crippen LogP contribution in [0.2, 0.25) is 0 Å². The number of pyridine rings is 1. The van der Waals surface area contributed by atoms with Crippen molar-refractivity contribution in [3.63, 3.8) is 0 Å². The van der Waals surface area contributed by atoms with Gasteiger partial charge in [-0.1, -0.05) is 13.3 Å². The average Bonchev–Trinajstić information content (AvgIpc) is 2.16. The van der Waals surface area contributed by atoms with E-state index in [9.17, 15) is 8.78 Å². The fraction of sp³-hybridized carbons (Fsp3) is 0.500. The number of alkyl halides is 2. The molecule has 0 spiro atoms. The molecule has 72 valence electrons. The third-order valence-corrected chi connectivity index (χ3v) is 1.93. The number of nitrogens with zero attached hydrogens (tertiary/aromatic N) is 1. The van der Waals surface area contributed by atoms with Gasteiger partial charge in [0.1, 0.15) is 0 Å². The van der Waals surface area contributed by atoms with Crippen LogP contribution in [-0.4, -0.2) is 4.98 Å². The van der Waals surface area contributed by atoms with E-state index in [1.54, 1.807) is 0 Å². The summed E-state index contributed by atoms with van der Waals surface area (Å²) < 4.78 is 26.6. The molecular formula is C10H13F2N. The van der Waals surface area contributed by atoms with E-state index in [1.165, 1.54) is 24.5 Å². The molecule has 1 aromatic heterocycles. The molecule has 1 heterocycles. The maximum absolute atomic E-state index is 13.3. The summed E-state index contributed by atoms with van der Waals surface area (Å²) in [6.45, 7) is 1.90. The van der Waals surface area contributed by atoms with Crippen LogP contribution in [0, 0.1) is 0 Å². The lowest BCUT2D eigenvalue weighted by Gasteiger charge is -2.15. The fourth-order valence-corrected chi connectivity index (χ4v) is 1.12. The second-order valence-electron chi connectivity index (χ2n) is 3.05. The molecule has 3 heteroatoms. The van der Waals surface area contributed by atoms with E-state index in [0.717, 1.165) is 6.42 Å². The molecule has 0 atom stereocenters. The molecule has 0 saturated heterocycles. The average molecular weight is 185 g/mol. The molecule has 1 nitrogen and oxygen atoms in total. The maximum atomic E-state index is 13.3. The Morgan fingerprint density at radius 3 is 2.77 bits per heavy atom. The zero-order valence-electron chi connectivity index (χ0n) is 7.63. The van der Waals surface area contributed by atoms with E-state index in [-0.39, 0.29) is 12.0 Å². The molecule has 0 aliphatic carbocycles. The first-order chi connectivity index (χ1) is 6.17. The van der Waals surface area contributed by atoms with E-state index in [1.807, 2.05) is 6.92 Å². The van der Waals surface area contributed by atoms with Gasteiger partial charge in [0.05, 0.1) is 0 Å². The highest BCUT2D eigenvalue weighted by molar-refractivity contribution is 5.14. The number of unbranched alkanes of at least 4 members (excludes halogenated alkanes) is 1. The van der Waals surface area contributed by atoms with Gasteiger partial charge in [0, 0.05) is 24.4 Å². The van der Waals surface area contributed by atoms with E-state index in [2.05, 4.69) is 4.98 Å². The number of hydrogen-bond donors (Lipinski definition) is 0. The van der Waals surface area contributed by atoms with Crippen LogP contribution in [0.1, 0.15) is 31.7 Å². The first kappa shape index (κ1) is 10.1. The van der Waals surface area contributed by atoms with Gasteiger partial charge in [-0.3, -0.25) is 4.98 Å². The molecule has 0 bridgehead atoms. The van der Waals surface area contributed by atoms with Gasteiger partial charge in [-0.05, 0) is 18.6 Å². The van der Waals surface area contributed by atoms with Gasteiger partial charge in [-0.25, -0.2) is 8.78 Å². The predicted molar refractivity (Wildman–Crippen MR) is 47.7 cm³/mol. The largest absolute Gasteiger partial charge is 0.274 e. The minimum Gasteiger partial charge on any atom is -0.264 e. The van der Waals surface area contributed by atoms with Crippen molar-refractivity contribution in [1.29, 1.82) is 0 Å². The molecule has 13 heavy (non-hydrogen) atoms. The Morgan fingerprint density at radius 1 is 1.46 bits per heavy atom. The zero-order valence-corrected chi connectivity index (χ0v) is 7.63. The molecule has 0 aromatic carbocycles. The Kier molecular flexibility index (Phi) is 3.34. The molecule has 0 fully saturated rings. The van der Waals surface area contributed by atoms with Gasteiger partial charge < -0.3 is 0 Å². The van der Waals surface area contributed by atoms with Crippen LogP contribution >= 0.6 is 0 Å². The third kappa shape index (κ3) is 2.76. The lowest BCUT2D eigenvalue weighted by Crippen LogP contribution is -2.13. The van der Waals surface area contributed by atoms with Gasteiger partial charge in [0.15, 0.2) is 0 Å². The molecule has 1 aromatic rings. The van der Waals surface area contributed by atoms with Crippen molar-refractivity contribution in [2.45, 2.75) is 32.1 Å². The summed E-state index contributed by atoms with van der Waals surface area (Å²) in [7, 11) is 0. The predicted octanol–water partition coefficient (Wildman–Crippen LogP) is 3.36. The Labute approximate surface area is 76.8 Å². The molecule has 0 N–H and O–H groups in total. The number of hydrogen-bond acceptors (Lipinski definition) is 1. The fourth-order valence-electron chi connectivity index (χ4n) is 1.12. The second-order valence-corrected chi connectivity index (χ2v) is 3.05. The Bertz CT molecular complexity index is 246. The van der Waals surface area contributed by atoms with Crippen molar-refractivity contribution in [2.75, 3.05) is 0 Å². The summed E-state index contributed by atoms with van der Waals surface area (Å²) >= 11 is 0. The second kappa shape index (κ2) is 4.30. The Balaban J connectivity index is 2.69. The van der Waals surface area contributed by atoms with Crippen molar-refractivity contribution in [2.24, 2.45) is 0 Å². The van der Waals surface area contributed by atoms with E-state index in [0.29, 0.717) is 6.42 Å². The zero-order chi connectivity index (χ0) is 9.73. The highest BCUT2D eigenvalue weighted by Gasteiger charge is 2.30. The van der Waals surface area contributed by atoms with Crippen LogP contribution in [0.3, 0.4) is 0 Å². The highest BCUT2D eigenvalue weighted by atomic mass is 19.3. The topological polar surface area (TPSA) is 12.9 Å². The number of rotatable bonds is 4. The molecule has 0 aliphatic heterocycles. The quantitative estimate of drug-likeness (QED) is 0.700. The lowest BCUT2D eigenvalue weighted by molar-refractivity contribution is -0.0157. The molecule has 0 saturated carbocycles. The highest BCUT2D eigenvalue weighted by Crippen LogP contribution is 2.32. The van der Waals surface area contributed by atoms with Gasteiger partial charge in [0.2, 0.25) is 0 Å². The van der Waals surface area contributed by atoms with Crippen LogP contribution in [0.15, 0.2) is 24.5 Å². The summed E-state index contributed by atoms with van der Waals surface area (Å²) in [5.41, 5.74) is 0.0171. The molecule has 0 aliphatic rings. The Hall–Kier alpha value is -0.990. The van der Waals surface area contributed by atoms with Gasteiger partial charge in [0.25, 0.3) is 5.92 Å². The van der Waals surface area contributed by atoms with Crippen molar-refractivity contribution in [3.05, 3.63) is 30.1 Å². The SMILES string of the molecule is CCCCC(F)(F)c1cccnc1. The molecular weight excluding hydrogens is 172 g/mol. The number of aromatic nitrogens is 1. The maximum Gasteiger partial charge on any atom is 0.274 e. The minimum absolute atomic E-state index is 0.0171. The summed E-state index contributed by atoms with van der Waals surface area (Å²) in [6, 6.07) is 2.96. The monoisotopic (exact) mass is 185 g/mol. The lowest BCUT2D eigenvalue weighted by atomic mass is 10.1. The Morgan fingerprint density at radius 2 is 2.23 bits per heavy atom. The molecule has 0 amide bonds. The van der Waals surface area contributed by atoms with Crippen molar-refractivity contribution in [3.8, 4) is 0 Å². The van der Waals surface area contributed by atoms with Crippen molar-refractivity contribution >= 4 is 0 Å². The molecule has 0 unspecified atom stereocenters. The standard InChI is InChI=1S/C10H13F2N/c1-2-3-6-10(11,12)9-5-4-7-13-8-9/h4-5,7-8H,2-3,6H2,1H3. The first-order valence-electron chi connectivity index (χ1n) is 4.45. The normalized spacial score (nSPS) is 11.6. The van der Waals surface area contributed by atoms with Crippen LogP contribution in [0.5, 0.6) is 0 Å². The summed E-state index contributed by atoms with van der Waals surface area (Å²) in [5.74, 6) is -2.72. The van der Waals surface area contributed by atoms with Crippen molar-refractivity contribution in [1.82, 2.24) is 4.98 Å². The van der Waals surface area contributed by atoms with Crippen LogP contribution < -0.4 is 0 Å². The van der Waals surface area contributed by atoms with Gasteiger partial charge in [-0.2, -0.15) is 0 Å². The number of halogens is 2. The first-order valence-corrected chi connectivity index (χ1v) is 4.45. The molecule has 0 radical (unpaired) electrons. The van der Waals surface area contributed by atoms with Gasteiger partial charge in [-0.15, -0.1) is 0 Å². The van der Waals surface area contributed by atoms with Crippen LogP contribution in [-0.2, 0) is 5.92 Å².